The van der Waals surface area contributed by atoms with E-state index >= 15 is 0 Å². The molecule has 0 radical (unpaired) electrons. The molecule has 1 aliphatic heterocycles. The Hall–Kier alpha value is -1.94. The van der Waals surface area contributed by atoms with Crippen molar-refractivity contribution in [1.29, 1.82) is 0 Å². The van der Waals surface area contributed by atoms with Gasteiger partial charge < -0.3 is 4.98 Å². The lowest BCUT2D eigenvalue weighted by atomic mass is 9.99. The number of hydrogen-bond acceptors (Lipinski definition) is 5. The van der Waals surface area contributed by atoms with Crippen molar-refractivity contribution < 1.29 is 8.42 Å². The van der Waals surface area contributed by atoms with Gasteiger partial charge >= 0.3 is 5.69 Å². The zero-order valence-corrected chi connectivity index (χ0v) is 15.5. The van der Waals surface area contributed by atoms with Gasteiger partial charge in [0, 0.05) is 33.1 Å². The SMILES string of the molecule is CCCS(=O)(=O)N1CCCC(c2nc3c([nH]2)c(=O)n(C)c(=O)n3C)C1. The van der Waals surface area contributed by atoms with E-state index in [-0.39, 0.29) is 17.2 Å². The first-order valence-corrected chi connectivity index (χ1v) is 10.0. The number of rotatable bonds is 4. The maximum atomic E-state index is 12.3. The van der Waals surface area contributed by atoms with Crippen molar-refractivity contribution in [3.05, 3.63) is 26.7 Å². The molecule has 138 valence electrons. The number of H-pyrrole nitrogens is 1. The van der Waals surface area contributed by atoms with Gasteiger partial charge in [-0.15, -0.1) is 0 Å². The molecule has 1 N–H and O–H groups in total. The summed E-state index contributed by atoms with van der Waals surface area (Å²) in [7, 11) is -0.280. The van der Waals surface area contributed by atoms with Gasteiger partial charge in [0.1, 0.15) is 11.3 Å². The summed E-state index contributed by atoms with van der Waals surface area (Å²) in [6.45, 7) is 2.70. The summed E-state index contributed by atoms with van der Waals surface area (Å²) in [5, 5.41) is 0. The van der Waals surface area contributed by atoms with Crippen LogP contribution in [0, 0.1) is 0 Å². The third kappa shape index (κ3) is 3.04. The minimum absolute atomic E-state index is 0.118. The van der Waals surface area contributed by atoms with Crippen LogP contribution in [-0.4, -0.2) is 50.7 Å². The van der Waals surface area contributed by atoms with Crippen LogP contribution in [0.2, 0.25) is 0 Å². The zero-order chi connectivity index (χ0) is 18.4. The predicted octanol–water partition coefficient (Wildman–Crippen LogP) is -0.120. The summed E-state index contributed by atoms with van der Waals surface area (Å²) in [6.07, 6.45) is 2.10. The van der Waals surface area contributed by atoms with Crippen molar-refractivity contribution in [3.8, 4) is 0 Å². The van der Waals surface area contributed by atoms with E-state index in [0.29, 0.717) is 31.0 Å². The van der Waals surface area contributed by atoms with E-state index in [1.165, 1.54) is 15.9 Å². The Morgan fingerprint density at radius 1 is 1.24 bits per heavy atom. The highest BCUT2D eigenvalue weighted by atomic mass is 32.2. The monoisotopic (exact) mass is 369 g/mol. The van der Waals surface area contributed by atoms with Crippen LogP contribution in [0.15, 0.2) is 9.59 Å². The molecule has 0 amide bonds. The second kappa shape index (κ2) is 6.41. The fourth-order valence-electron chi connectivity index (χ4n) is 3.34. The number of imidazole rings is 1. The maximum Gasteiger partial charge on any atom is 0.332 e. The Morgan fingerprint density at radius 2 is 1.96 bits per heavy atom. The molecule has 1 unspecified atom stereocenters. The molecule has 3 rings (SSSR count). The van der Waals surface area contributed by atoms with Gasteiger partial charge in [0.05, 0.1) is 5.75 Å². The third-order valence-electron chi connectivity index (χ3n) is 4.74. The van der Waals surface area contributed by atoms with Crippen LogP contribution in [0.1, 0.15) is 37.9 Å². The van der Waals surface area contributed by atoms with E-state index in [1.54, 1.807) is 7.05 Å². The summed E-state index contributed by atoms with van der Waals surface area (Å²) in [4.78, 5) is 31.8. The smallest absolute Gasteiger partial charge is 0.332 e. The van der Waals surface area contributed by atoms with Gasteiger partial charge in [-0.05, 0) is 19.3 Å². The highest BCUT2D eigenvalue weighted by Gasteiger charge is 2.31. The van der Waals surface area contributed by atoms with Crippen molar-refractivity contribution in [2.45, 2.75) is 32.1 Å². The second-order valence-corrected chi connectivity index (χ2v) is 8.63. The third-order valence-corrected chi connectivity index (χ3v) is 6.78. The summed E-state index contributed by atoms with van der Waals surface area (Å²) in [5.74, 6) is 0.576. The van der Waals surface area contributed by atoms with Gasteiger partial charge in [-0.1, -0.05) is 6.92 Å². The number of piperidine rings is 1. The molecule has 2 aromatic heterocycles. The summed E-state index contributed by atoms with van der Waals surface area (Å²) in [6, 6.07) is 0. The van der Waals surface area contributed by atoms with E-state index in [0.717, 1.165) is 17.4 Å². The van der Waals surface area contributed by atoms with Gasteiger partial charge in [-0.3, -0.25) is 13.9 Å². The van der Waals surface area contributed by atoms with E-state index in [2.05, 4.69) is 9.97 Å². The number of hydrogen-bond donors (Lipinski definition) is 1. The van der Waals surface area contributed by atoms with Gasteiger partial charge in [-0.2, -0.15) is 0 Å². The first-order valence-electron chi connectivity index (χ1n) is 8.39. The van der Waals surface area contributed by atoms with Crippen LogP contribution in [0.25, 0.3) is 11.2 Å². The maximum absolute atomic E-state index is 12.3. The largest absolute Gasteiger partial charge is 0.336 e. The summed E-state index contributed by atoms with van der Waals surface area (Å²) >= 11 is 0. The van der Waals surface area contributed by atoms with Crippen LogP contribution < -0.4 is 11.2 Å². The van der Waals surface area contributed by atoms with E-state index < -0.39 is 21.3 Å². The fourth-order valence-corrected chi connectivity index (χ4v) is 4.93. The molecule has 2 aromatic rings. The summed E-state index contributed by atoms with van der Waals surface area (Å²) < 4.78 is 28.5. The lowest BCUT2D eigenvalue weighted by Gasteiger charge is -2.30. The molecule has 1 fully saturated rings. The Labute approximate surface area is 145 Å². The van der Waals surface area contributed by atoms with Crippen molar-refractivity contribution in [3.63, 3.8) is 0 Å². The minimum Gasteiger partial charge on any atom is -0.336 e. The van der Waals surface area contributed by atoms with E-state index in [9.17, 15) is 18.0 Å². The number of nitrogens with zero attached hydrogens (tertiary/aromatic N) is 4. The Bertz CT molecular complexity index is 1020. The average Bonchev–Trinajstić information content (AvgIpc) is 3.04. The van der Waals surface area contributed by atoms with Crippen LogP contribution in [0.5, 0.6) is 0 Å². The number of fused-ring (bicyclic) bond motifs is 1. The van der Waals surface area contributed by atoms with Crippen LogP contribution in [0.4, 0.5) is 0 Å². The highest BCUT2D eigenvalue weighted by molar-refractivity contribution is 7.89. The number of nitrogens with one attached hydrogen (secondary N) is 1. The standard InChI is InChI=1S/C15H23N5O4S/c1-4-8-25(23,24)20-7-5-6-10(9-20)12-16-11-13(17-12)18(2)15(22)19(3)14(11)21/h10H,4-9H2,1-3H3,(H,16,17). The number of aryl methyl sites for hydroxylation is 1. The van der Waals surface area contributed by atoms with Crippen LogP contribution >= 0.6 is 0 Å². The minimum atomic E-state index is -3.26. The summed E-state index contributed by atoms with van der Waals surface area (Å²) in [5.41, 5.74) is -0.292. The first kappa shape index (κ1) is 17.9. The molecule has 10 heteroatoms. The van der Waals surface area contributed by atoms with Crippen molar-refractivity contribution in [2.75, 3.05) is 18.8 Å². The lowest BCUT2D eigenvalue weighted by molar-refractivity contribution is 0.310. The molecule has 3 heterocycles. The molecular weight excluding hydrogens is 346 g/mol. The van der Waals surface area contributed by atoms with Gasteiger partial charge in [0.15, 0.2) is 5.65 Å². The van der Waals surface area contributed by atoms with Gasteiger partial charge in [0.25, 0.3) is 5.56 Å². The average molecular weight is 369 g/mol. The molecule has 1 aliphatic rings. The number of aromatic amines is 1. The molecule has 0 aromatic carbocycles. The number of sulfonamides is 1. The molecular formula is C15H23N5O4S. The highest BCUT2D eigenvalue weighted by Crippen LogP contribution is 2.27. The molecule has 0 saturated carbocycles. The number of aromatic nitrogens is 4. The van der Waals surface area contributed by atoms with Gasteiger partial charge in [0.2, 0.25) is 10.0 Å². The Kier molecular flexibility index (Phi) is 4.58. The fraction of sp³-hybridized carbons (Fsp3) is 0.667. The molecule has 0 aliphatic carbocycles. The van der Waals surface area contributed by atoms with Gasteiger partial charge in [-0.25, -0.2) is 22.5 Å². The molecule has 0 bridgehead atoms. The predicted molar refractivity (Wildman–Crippen MR) is 94.2 cm³/mol. The first-order chi connectivity index (χ1) is 11.8. The quantitative estimate of drug-likeness (QED) is 0.808. The molecule has 1 atom stereocenters. The molecule has 1 saturated heterocycles. The van der Waals surface area contributed by atoms with Crippen LogP contribution in [-0.2, 0) is 24.1 Å². The molecule has 25 heavy (non-hydrogen) atoms. The van der Waals surface area contributed by atoms with Crippen molar-refractivity contribution in [1.82, 2.24) is 23.4 Å². The van der Waals surface area contributed by atoms with Crippen LogP contribution in [0.3, 0.4) is 0 Å². The Balaban J connectivity index is 2.00. The molecule has 9 nitrogen and oxygen atoms in total. The normalized spacial score (nSPS) is 19.6. The van der Waals surface area contributed by atoms with E-state index in [4.69, 9.17) is 0 Å². The zero-order valence-electron chi connectivity index (χ0n) is 14.7. The van der Waals surface area contributed by atoms with E-state index in [1.807, 2.05) is 6.92 Å². The Morgan fingerprint density at radius 3 is 2.64 bits per heavy atom. The second-order valence-electron chi connectivity index (χ2n) is 6.54. The van der Waals surface area contributed by atoms with Crippen molar-refractivity contribution >= 4 is 21.2 Å². The van der Waals surface area contributed by atoms with Crippen molar-refractivity contribution in [2.24, 2.45) is 14.1 Å². The topological polar surface area (TPSA) is 110 Å². The lowest BCUT2D eigenvalue weighted by Crippen LogP contribution is -2.40. The molecule has 0 spiro atoms.